The van der Waals surface area contributed by atoms with Gasteiger partial charge in [-0.05, 0) is 23.1 Å². The number of carbonyl (C=O) groups excluding carboxylic acids is 2. The number of rotatable bonds is 8. The quantitative estimate of drug-likeness (QED) is 0.458. The molecule has 6 heteroatoms. The van der Waals surface area contributed by atoms with Gasteiger partial charge in [0.25, 0.3) is 0 Å². The molecule has 2 amide bonds. The molecule has 0 heterocycles. The van der Waals surface area contributed by atoms with Crippen molar-refractivity contribution in [3.8, 4) is 5.75 Å². The van der Waals surface area contributed by atoms with E-state index in [9.17, 15) is 9.59 Å². The van der Waals surface area contributed by atoms with E-state index < -0.39 is 0 Å². The summed E-state index contributed by atoms with van der Waals surface area (Å²) in [6, 6.07) is 21.2. The number of fused-ring (bicyclic) bond motifs is 1. The van der Waals surface area contributed by atoms with E-state index in [0.717, 1.165) is 27.6 Å². The van der Waals surface area contributed by atoms with Gasteiger partial charge < -0.3 is 10.1 Å². The highest BCUT2D eigenvalue weighted by Crippen LogP contribution is 2.27. The summed E-state index contributed by atoms with van der Waals surface area (Å²) in [6.07, 6.45) is 1.77. The fourth-order valence-corrected chi connectivity index (χ4v) is 2.93. The third-order valence-electron chi connectivity index (χ3n) is 4.44. The van der Waals surface area contributed by atoms with E-state index in [0.29, 0.717) is 6.54 Å². The zero-order chi connectivity index (χ0) is 20.5. The number of hydrazone groups is 1. The van der Waals surface area contributed by atoms with Crippen LogP contribution in [0.3, 0.4) is 0 Å². The van der Waals surface area contributed by atoms with Crippen LogP contribution in [0.5, 0.6) is 5.75 Å². The van der Waals surface area contributed by atoms with Gasteiger partial charge in [-0.2, -0.15) is 5.10 Å². The van der Waals surface area contributed by atoms with Gasteiger partial charge in [0.2, 0.25) is 11.8 Å². The van der Waals surface area contributed by atoms with Crippen LogP contribution < -0.4 is 15.5 Å². The minimum Gasteiger partial charge on any atom is -0.496 e. The highest BCUT2D eigenvalue weighted by atomic mass is 16.5. The van der Waals surface area contributed by atoms with Crippen LogP contribution in [0.25, 0.3) is 10.8 Å². The van der Waals surface area contributed by atoms with E-state index >= 15 is 0 Å². The molecule has 29 heavy (non-hydrogen) atoms. The molecule has 0 fully saturated rings. The summed E-state index contributed by atoms with van der Waals surface area (Å²) >= 11 is 0. The van der Waals surface area contributed by atoms with E-state index in [2.05, 4.69) is 15.8 Å². The predicted octanol–water partition coefficient (Wildman–Crippen LogP) is 3.40. The Balaban J connectivity index is 1.49. The maximum absolute atomic E-state index is 12.0. The normalized spacial score (nSPS) is 10.8. The van der Waals surface area contributed by atoms with Crippen molar-refractivity contribution in [3.05, 3.63) is 77.9 Å². The molecule has 0 aromatic heterocycles. The fourth-order valence-electron chi connectivity index (χ4n) is 2.93. The standard InChI is InChI=1S/C23H23N3O3/c1-29-21-12-11-18(19-9-5-6-10-20(19)21)16-25-26-23(28)14-13-22(27)24-15-17-7-3-2-4-8-17/h2-12,16H,13-15H2,1H3,(H,24,27)(H,26,28). The molecular weight excluding hydrogens is 366 g/mol. The summed E-state index contributed by atoms with van der Waals surface area (Å²) < 4.78 is 5.38. The molecule has 0 saturated carbocycles. The van der Waals surface area contributed by atoms with E-state index in [4.69, 9.17) is 4.74 Å². The monoisotopic (exact) mass is 389 g/mol. The Hall–Kier alpha value is -3.67. The second-order valence-corrected chi connectivity index (χ2v) is 6.46. The van der Waals surface area contributed by atoms with Crippen LogP contribution in [0.15, 0.2) is 71.8 Å². The van der Waals surface area contributed by atoms with E-state index in [1.54, 1.807) is 13.3 Å². The average Bonchev–Trinajstić information content (AvgIpc) is 2.77. The van der Waals surface area contributed by atoms with Crippen molar-refractivity contribution in [1.82, 2.24) is 10.7 Å². The number of benzene rings is 3. The fraction of sp³-hybridized carbons (Fsp3) is 0.174. The third-order valence-corrected chi connectivity index (χ3v) is 4.44. The van der Waals surface area contributed by atoms with Crippen LogP contribution in [0.1, 0.15) is 24.0 Å². The van der Waals surface area contributed by atoms with Gasteiger partial charge in [-0.25, -0.2) is 5.43 Å². The summed E-state index contributed by atoms with van der Waals surface area (Å²) in [7, 11) is 1.63. The van der Waals surface area contributed by atoms with Crippen molar-refractivity contribution in [1.29, 1.82) is 0 Å². The van der Waals surface area contributed by atoms with Gasteiger partial charge >= 0.3 is 0 Å². The summed E-state index contributed by atoms with van der Waals surface area (Å²) in [4.78, 5) is 23.8. The average molecular weight is 389 g/mol. The molecule has 3 aromatic carbocycles. The molecule has 6 nitrogen and oxygen atoms in total. The van der Waals surface area contributed by atoms with Gasteiger partial charge in [0.15, 0.2) is 0 Å². The first kappa shape index (κ1) is 20.1. The highest BCUT2D eigenvalue weighted by Gasteiger charge is 2.07. The van der Waals surface area contributed by atoms with Gasteiger partial charge in [0, 0.05) is 30.3 Å². The van der Waals surface area contributed by atoms with Crippen molar-refractivity contribution >= 4 is 28.8 Å². The zero-order valence-electron chi connectivity index (χ0n) is 16.2. The molecule has 0 aliphatic heterocycles. The number of carbonyl (C=O) groups is 2. The maximum atomic E-state index is 12.0. The van der Waals surface area contributed by atoms with Crippen LogP contribution >= 0.6 is 0 Å². The Labute approximate surface area is 169 Å². The Kier molecular flexibility index (Phi) is 6.95. The molecule has 0 aliphatic carbocycles. The second kappa shape index (κ2) is 10.0. The van der Waals surface area contributed by atoms with Crippen LogP contribution in [0, 0.1) is 0 Å². The van der Waals surface area contributed by atoms with E-state index in [1.807, 2.05) is 66.7 Å². The molecular formula is C23H23N3O3. The second-order valence-electron chi connectivity index (χ2n) is 6.46. The first-order valence-corrected chi connectivity index (χ1v) is 9.35. The smallest absolute Gasteiger partial charge is 0.240 e. The minimum atomic E-state index is -0.311. The lowest BCUT2D eigenvalue weighted by Crippen LogP contribution is -2.25. The summed E-state index contributed by atoms with van der Waals surface area (Å²) in [5.41, 5.74) is 4.35. The number of nitrogens with one attached hydrogen (secondary N) is 2. The molecule has 0 radical (unpaired) electrons. The summed E-state index contributed by atoms with van der Waals surface area (Å²) in [6.45, 7) is 0.448. The molecule has 0 atom stereocenters. The molecule has 0 bridgehead atoms. The minimum absolute atomic E-state index is 0.0708. The number of amides is 2. The van der Waals surface area contributed by atoms with Gasteiger partial charge in [0.05, 0.1) is 13.3 Å². The van der Waals surface area contributed by atoms with Crippen LogP contribution in [0.4, 0.5) is 0 Å². The number of nitrogens with zero attached hydrogens (tertiary/aromatic N) is 1. The third kappa shape index (κ3) is 5.65. The van der Waals surface area contributed by atoms with Crippen molar-refractivity contribution in [3.63, 3.8) is 0 Å². The first-order chi connectivity index (χ1) is 14.2. The van der Waals surface area contributed by atoms with Crippen molar-refractivity contribution in [2.24, 2.45) is 5.10 Å². The molecule has 2 N–H and O–H groups in total. The molecule has 0 unspecified atom stereocenters. The number of methoxy groups -OCH3 is 1. The molecule has 0 spiro atoms. The lowest BCUT2D eigenvalue weighted by Gasteiger charge is -2.07. The van der Waals surface area contributed by atoms with Crippen molar-refractivity contribution in [2.45, 2.75) is 19.4 Å². The lowest BCUT2D eigenvalue weighted by atomic mass is 10.0. The van der Waals surface area contributed by atoms with Crippen LogP contribution in [0.2, 0.25) is 0 Å². The van der Waals surface area contributed by atoms with Crippen molar-refractivity contribution in [2.75, 3.05) is 7.11 Å². The van der Waals surface area contributed by atoms with Gasteiger partial charge in [0.1, 0.15) is 5.75 Å². The summed E-state index contributed by atoms with van der Waals surface area (Å²) in [5, 5.41) is 8.77. The highest BCUT2D eigenvalue weighted by molar-refractivity contribution is 6.02. The summed E-state index contributed by atoms with van der Waals surface area (Å²) in [5.74, 6) is 0.298. The Morgan fingerprint density at radius 2 is 1.59 bits per heavy atom. The van der Waals surface area contributed by atoms with Crippen LogP contribution in [-0.2, 0) is 16.1 Å². The molecule has 3 rings (SSSR count). The zero-order valence-corrected chi connectivity index (χ0v) is 16.2. The first-order valence-electron chi connectivity index (χ1n) is 9.35. The van der Waals surface area contributed by atoms with Crippen LogP contribution in [-0.4, -0.2) is 25.1 Å². The van der Waals surface area contributed by atoms with Gasteiger partial charge in [-0.15, -0.1) is 0 Å². The van der Waals surface area contributed by atoms with Gasteiger partial charge in [-0.1, -0.05) is 54.6 Å². The Morgan fingerprint density at radius 3 is 2.34 bits per heavy atom. The van der Waals surface area contributed by atoms with Gasteiger partial charge in [-0.3, -0.25) is 9.59 Å². The van der Waals surface area contributed by atoms with Crippen molar-refractivity contribution < 1.29 is 14.3 Å². The number of hydrogen-bond acceptors (Lipinski definition) is 4. The molecule has 3 aromatic rings. The Bertz CT molecular complexity index is 1020. The predicted molar refractivity (Wildman–Crippen MR) is 114 cm³/mol. The van der Waals surface area contributed by atoms with E-state index in [-0.39, 0.29) is 24.7 Å². The number of ether oxygens (including phenoxy) is 1. The Morgan fingerprint density at radius 1 is 0.897 bits per heavy atom. The molecule has 0 aliphatic rings. The largest absolute Gasteiger partial charge is 0.496 e. The topological polar surface area (TPSA) is 79.8 Å². The number of hydrogen-bond donors (Lipinski definition) is 2. The lowest BCUT2D eigenvalue weighted by molar-refractivity contribution is -0.126. The molecule has 0 saturated heterocycles. The molecule has 148 valence electrons. The van der Waals surface area contributed by atoms with E-state index in [1.165, 1.54) is 0 Å². The maximum Gasteiger partial charge on any atom is 0.240 e. The SMILES string of the molecule is COc1ccc(C=NNC(=O)CCC(=O)NCc2ccccc2)c2ccccc12.